The molecule has 2 heterocycles. The summed E-state index contributed by atoms with van der Waals surface area (Å²) < 4.78 is 11.7. The first-order valence-corrected chi connectivity index (χ1v) is 8.95. The van der Waals surface area contributed by atoms with E-state index in [0.717, 1.165) is 51.1 Å². The number of nitrogens with zero attached hydrogens (tertiary/aromatic N) is 1. The number of benzene rings is 1. The molecule has 0 bridgehead atoms. The number of rotatable bonds is 5. The predicted octanol–water partition coefficient (Wildman–Crippen LogP) is 3.57. The van der Waals surface area contributed by atoms with Crippen LogP contribution in [0.4, 0.5) is 0 Å². The number of amides is 1. The van der Waals surface area contributed by atoms with Crippen LogP contribution in [0.3, 0.4) is 0 Å². The zero-order valence-corrected chi connectivity index (χ0v) is 14.5. The lowest BCUT2D eigenvalue weighted by Gasteiger charge is -2.42. The van der Waals surface area contributed by atoms with Crippen molar-refractivity contribution in [2.24, 2.45) is 0 Å². The summed E-state index contributed by atoms with van der Waals surface area (Å²) in [5.74, 6) is 1.10. The van der Waals surface area contributed by atoms with Crippen molar-refractivity contribution in [3.8, 4) is 5.75 Å². The van der Waals surface area contributed by atoms with Gasteiger partial charge < -0.3 is 14.4 Å². The molecule has 0 N–H and O–H groups in total. The Hall–Kier alpha value is -1.81. The second kappa shape index (κ2) is 7.84. The molecule has 2 aliphatic rings. The highest BCUT2D eigenvalue weighted by atomic mass is 16.5. The van der Waals surface area contributed by atoms with Crippen molar-refractivity contribution in [1.82, 2.24) is 4.90 Å². The van der Waals surface area contributed by atoms with Gasteiger partial charge in [0.2, 0.25) is 5.91 Å². The van der Waals surface area contributed by atoms with Gasteiger partial charge >= 0.3 is 0 Å². The van der Waals surface area contributed by atoms with Crippen LogP contribution in [0, 0.1) is 0 Å². The molecule has 130 valence electrons. The molecule has 0 saturated carbocycles. The zero-order chi connectivity index (χ0) is 16.8. The van der Waals surface area contributed by atoms with Crippen LogP contribution in [0.25, 0.3) is 0 Å². The Morgan fingerprint density at radius 3 is 2.71 bits per heavy atom. The summed E-state index contributed by atoms with van der Waals surface area (Å²) in [4.78, 5) is 14.3. The fourth-order valence-electron chi connectivity index (χ4n) is 3.49. The molecule has 1 aromatic carbocycles. The molecule has 4 nitrogen and oxygen atoms in total. The molecule has 1 fully saturated rings. The van der Waals surface area contributed by atoms with Gasteiger partial charge in [-0.1, -0.05) is 29.8 Å². The molecular weight excluding hydrogens is 302 g/mol. The summed E-state index contributed by atoms with van der Waals surface area (Å²) in [6.07, 6.45) is 6.45. The minimum atomic E-state index is -0.116. The lowest BCUT2D eigenvalue weighted by atomic mass is 9.87. The van der Waals surface area contributed by atoms with E-state index in [1.165, 1.54) is 5.57 Å². The lowest BCUT2D eigenvalue weighted by Crippen LogP contribution is -2.48. The Labute approximate surface area is 144 Å². The summed E-state index contributed by atoms with van der Waals surface area (Å²) in [6.45, 7) is 5.16. The molecule has 0 aliphatic carbocycles. The summed E-state index contributed by atoms with van der Waals surface area (Å²) >= 11 is 0. The van der Waals surface area contributed by atoms with E-state index >= 15 is 0 Å². The normalized spacial score (nSPS) is 19.9. The van der Waals surface area contributed by atoms with Crippen LogP contribution < -0.4 is 4.74 Å². The quantitative estimate of drug-likeness (QED) is 0.612. The first kappa shape index (κ1) is 17.0. The number of piperidine rings is 1. The summed E-state index contributed by atoms with van der Waals surface area (Å²) in [7, 11) is 0. The van der Waals surface area contributed by atoms with Gasteiger partial charge in [0.1, 0.15) is 5.75 Å². The molecule has 3 rings (SSSR count). The largest absolute Gasteiger partial charge is 0.494 e. The van der Waals surface area contributed by atoms with Gasteiger partial charge in [0.25, 0.3) is 0 Å². The number of hydrogen-bond donors (Lipinski definition) is 0. The third kappa shape index (κ3) is 4.38. The standard InChI is InChI=1S/C20H27NO3/c1-17-9-15-24-20(16-17)10-12-21(13-11-20)19(22)8-5-14-23-18-6-3-2-4-7-18/h2-4,6-7,16H,5,8-15H2,1H3. The third-order valence-corrected chi connectivity index (χ3v) is 4.90. The van der Waals surface area contributed by atoms with Crippen LogP contribution in [0.1, 0.15) is 39.0 Å². The first-order valence-electron chi connectivity index (χ1n) is 8.95. The summed E-state index contributed by atoms with van der Waals surface area (Å²) in [6, 6.07) is 9.74. The van der Waals surface area contributed by atoms with Crippen LogP contribution in [0.5, 0.6) is 5.75 Å². The SMILES string of the molecule is CC1=CC2(CCN(C(=O)CCCOc3ccccc3)CC2)OCC1. The van der Waals surface area contributed by atoms with Crippen molar-refractivity contribution in [1.29, 1.82) is 0 Å². The fourth-order valence-corrected chi connectivity index (χ4v) is 3.49. The summed E-state index contributed by atoms with van der Waals surface area (Å²) in [5.41, 5.74) is 1.30. The van der Waals surface area contributed by atoms with Gasteiger partial charge in [-0.25, -0.2) is 0 Å². The number of carbonyl (C=O) groups is 1. The van der Waals surface area contributed by atoms with E-state index in [2.05, 4.69) is 13.0 Å². The molecule has 4 heteroatoms. The number of hydrogen-bond acceptors (Lipinski definition) is 3. The maximum absolute atomic E-state index is 12.4. The smallest absolute Gasteiger partial charge is 0.222 e. The van der Waals surface area contributed by atoms with Crippen LogP contribution in [-0.4, -0.2) is 42.7 Å². The number of likely N-dealkylation sites (tertiary alicyclic amines) is 1. The number of carbonyl (C=O) groups excluding carboxylic acids is 1. The molecule has 0 atom stereocenters. The van der Waals surface area contributed by atoms with E-state index in [-0.39, 0.29) is 11.5 Å². The highest BCUT2D eigenvalue weighted by Crippen LogP contribution is 2.33. The minimum absolute atomic E-state index is 0.116. The van der Waals surface area contributed by atoms with E-state index < -0.39 is 0 Å². The molecule has 0 unspecified atom stereocenters. The zero-order valence-electron chi connectivity index (χ0n) is 14.5. The van der Waals surface area contributed by atoms with Crippen molar-refractivity contribution in [3.05, 3.63) is 42.0 Å². The average Bonchev–Trinajstić information content (AvgIpc) is 2.60. The first-order chi connectivity index (χ1) is 11.7. The maximum atomic E-state index is 12.4. The van der Waals surface area contributed by atoms with Crippen LogP contribution in [0.15, 0.2) is 42.0 Å². The van der Waals surface area contributed by atoms with Gasteiger partial charge in [0.05, 0.1) is 18.8 Å². The molecule has 1 aromatic rings. The molecule has 0 aromatic heterocycles. The Kier molecular flexibility index (Phi) is 5.56. The molecule has 1 spiro atoms. The van der Waals surface area contributed by atoms with Crippen molar-refractivity contribution in [3.63, 3.8) is 0 Å². The Morgan fingerprint density at radius 1 is 1.25 bits per heavy atom. The van der Waals surface area contributed by atoms with E-state index in [0.29, 0.717) is 13.0 Å². The van der Waals surface area contributed by atoms with E-state index in [9.17, 15) is 4.79 Å². The Balaban J connectivity index is 1.38. The number of para-hydroxylation sites is 1. The lowest BCUT2D eigenvalue weighted by molar-refractivity contribution is -0.136. The Morgan fingerprint density at radius 2 is 2.00 bits per heavy atom. The van der Waals surface area contributed by atoms with Crippen molar-refractivity contribution >= 4 is 5.91 Å². The van der Waals surface area contributed by atoms with Gasteiger partial charge in [0.15, 0.2) is 0 Å². The van der Waals surface area contributed by atoms with Gasteiger partial charge in [-0.2, -0.15) is 0 Å². The van der Waals surface area contributed by atoms with Gasteiger partial charge in [-0.05, 0) is 44.7 Å². The third-order valence-electron chi connectivity index (χ3n) is 4.90. The number of ether oxygens (including phenoxy) is 2. The second-order valence-corrected chi connectivity index (χ2v) is 6.80. The van der Waals surface area contributed by atoms with Crippen LogP contribution in [0.2, 0.25) is 0 Å². The van der Waals surface area contributed by atoms with Crippen molar-refractivity contribution < 1.29 is 14.3 Å². The van der Waals surface area contributed by atoms with E-state index in [4.69, 9.17) is 9.47 Å². The van der Waals surface area contributed by atoms with Crippen LogP contribution >= 0.6 is 0 Å². The molecule has 1 amide bonds. The molecular formula is C20H27NO3. The van der Waals surface area contributed by atoms with Crippen LogP contribution in [-0.2, 0) is 9.53 Å². The molecule has 0 radical (unpaired) electrons. The van der Waals surface area contributed by atoms with E-state index in [1.807, 2.05) is 35.2 Å². The highest BCUT2D eigenvalue weighted by molar-refractivity contribution is 5.76. The van der Waals surface area contributed by atoms with Gasteiger partial charge in [-0.3, -0.25) is 4.79 Å². The van der Waals surface area contributed by atoms with E-state index in [1.54, 1.807) is 0 Å². The molecule has 1 saturated heterocycles. The van der Waals surface area contributed by atoms with Gasteiger partial charge in [-0.15, -0.1) is 0 Å². The molecule has 2 aliphatic heterocycles. The van der Waals surface area contributed by atoms with Crippen molar-refractivity contribution in [2.75, 3.05) is 26.3 Å². The second-order valence-electron chi connectivity index (χ2n) is 6.80. The topological polar surface area (TPSA) is 38.8 Å². The molecule has 24 heavy (non-hydrogen) atoms. The van der Waals surface area contributed by atoms with Crippen molar-refractivity contribution in [2.45, 2.75) is 44.6 Å². The minimum Gasteiger partial charge on any atom is -0.494 e. The fraction of sp³-hybridized carbons (Fsp3) is 0.550. The predicted molar refractivity (Wildman–Crippen MR) is 94.0 cm³/mol. The monoisotopic (exact) mass is 329 g/mol. The maximum Gasteiger partial charge on any atom is 0.222 e. The highest BCUT2D eigenvalue weighted by Gasteiger charge is 2.36. The average molecular weight is 329 g/mol. The Bertz CT molecular complexity index is 574. The summed E-state index contributed by atoms with van der Waals surface area (Å²) in [5, 5.41) is 0. The van der Waals surface area contributed by atoms with Gasteiger partial charge in [0, 0.05) is 19.5 Å².